The molecular weight excluding hydrogens is 214 g/mol. The van der Waals surface area contributed by atoms with Crippen LogP contribution in [0, 0.1) is 0 Å². The van der Waals surface area contributed by atoms with Crippen LogP contribution < -0.4 is 5.32 Å². The summed E-state index contributed by atoms with van der Waals surface area (Å²) in [6.45, 7) is 8.21. The Balaban J connectivity index is 1.89. The first-order chi connectivity index (χ1) is 8.15. The summed E-state index contributed by atoms with van der Waals surface area (Å²) < 4.78 is 7.90. The van der Waals surface area contributed by atoms with E-state index in [0.29, 0.717) is 18.2 Å². The topological polar surface area (TPSA) is 39.1 Å². The summed E-state index contributed by atoms with van der Waals surface area (Å²) in [5.74, 6) is 0. The van der Waals surface area contributed by atoms with Gasteiger partial charge in [0, 0.05) is 18.8 Å². The molecule has 0 radical (unpaired) electrons. The van der Waals surface area contributed by atoms with Gasteiger partial charge >= 0.3 is 0 Å². The monoisotopic (exact) mass is 237 g/mol. The van der Waals surface area contributed by atoms with E-state index in [0.717, 1.165) is 19.5 Å². The minimum atomic E-state index is 0.336. The Morgan fingerprint density at radius 1 is 1.53 bits per heavy atom. The summed E-state index contributed by atoms with van der Waals surface area (Å²) >= 11 is 0. The van der Waals surface area contributed by atoms with Crippen LogP contribution in [-0.4, -0.2) is 28.0 Å². The first-order valence-electron chi connectivity index (χ1n) is 6.54. The van der Waals surface area contributed by atoms with Crippen LogP contribution in [0.2, 0.25) is 0 Å². The molecule has 1 saturated heterocycles. The van der Waals surface area contributed by atoms with Gasteiger partial charge in [-0.05, 0) is 25.8 Å². The van der Waals surface area contributed by atoms with Crippen molar-refractivity contribution in [2.24, 2.45) is 0 Å². The standard InChI is InChI=1S/C13H23N3O/c1-10(2)14-8-12-6-7-15-16(12)9-13-5-4-11(3)17-13/h6-7,10-11,13-14H,4-5,8-9H2,1-3H3. The maximum Gasteiger partial charge on any atom is 0.0775 e. The van der Waals surface area contributed by atoms with Gasteiger partial charge in [0.2, 0.25) is 0 Å². The molecule has 0 bridgehead atoms. The molecule has 96 valence electrons. The summed E-state index contributed by atoms with van der Waals surface area (Å²) in [5, 5.41) is 7.80. The van der Waals surface area contributed by atoms with Crippen LogP contribution in [0.3, 0.4) is 0 Å². The Kier molecular flexibility index (Phi) is 4.18. The van der Waals surface area contributed by atoms with Crippen molar-refractivity contribution in [1.82, 2.24) is 15.1 Å². The molecule has 0 saturated carbocycles. The van der Waals surface area contributed by atoms with E-state index in [4.69, 9.17) is 4.74 Å². The number of nitrogens with zero attached hydrogens (tertiary/aromatic N) is 2. The molecule has 1 aliphatic rings. The zero-order chi connectivity index (χ0) is 12.3. The zero-order valence-electron chi connectivity index (χ0n) is 11.0. The molecule has 2 rings (SSSR count). The second kappa shape index (κ2) is 5.65. The number of nitrogens with one attached hydrogen (secondary N) is 1. The van der Waals surface area contributed by atoms with Gasteiger partial charge in [-0.25, -0.2) is 0 Å². The molecule has 17 heavy (non-hydrogen) atoms. The van der Waals surface area contributed by atoms with E-state index >= 15 is 0 Å². The fourth-order valence-electron chi connectivity index (χ4n) is 2.20. The molecule has 0 aliphatic carbocycles. The zero-order valence-corrected chi connectivity index (χ0v) is 11.0. The molecule has 4 nitrogen and oxygen atoms in total. The normalized spacial score (nSPS) is 24.7. The Labute approximate surface area is 103 Å². The van der Waals surface area contributed by atoms with Gasteiger partial charge in [0.1, 0.15) is 0 Å². The number of hydrogen-bond acceptors (Lipinski definition) is 3. The second-order valence-corrected chi connectivity index (χ2v) is 5.19. The lowest BCUT2D eigenvalue weighted by Gasteiger charge is -2.14. The van der Waals surface area contributed by atoms with Crippen LogP contribution in [0.1, 0.15) is 39.3 Å². The highest BCUT2D eigenvalue weighted by atomic mass is 16.5. The van der Waals surface area contributed by atoms with Crippen LogP contribution in [0.25, 0.3) is 0 Å². The number of hydrogen-bond donors (Lipinski definition) is 1. The molecule has 0 amide bonds. The molecule has 1 aromatic heterocycles. The highest BCUT2D eigenvalue weighted by Crippen LogP contribution is 2.20. The maximum atomic E-state index is 5.83. The molecule has 2 unspecified atom stereocenters. The lowest BCUT2D eigenvalue weighted by atomic mass is 10.2. The predicted molar refractivity (Wildman–Crippen MR) is 67.8 cm³/mol. The average Bonchev–Trinajstić information content (AvgIpc) is 2.86. The molecule has 1 aromatic rings. The minimum absolute atomic E-state index is 0.336. The molecule has 2 heterocycles. The third kappa shape index (κ3) is 3.54. The van der Waals surface area contributed by atoms with Gasteiger partial charge in [-0.2, -0.15) is 5.10 Å². The Morgan fingerprint density at radius 2 is 2.35 bits per heavy atom. The summed E-state index contributed by atoms with van der Waals surface area (Å²) in [6.07, 6.45) is 4.94. The second-order valence-electron chi connectivity index (χ2n) is 5.19. The largest absolute Gasteiger partial charge is 0.373 e. The van der Waals surface area contributed by atoms with Crippen molar-refractivity contribution in [2.45, 2.75) is 65.0 Å². The van der Waals surface area contributed by atoms with Crippen LogP contribution in [0.15, 0.2) is 12.3 Å². The fraction of sp³-hybridized carbons (Fsp3) is 0.769. The number of ether oxygens (including phenoxy) is 1. The SMILES string of the molecule is CC(C)NCc1ccnn1CC1CCC(C)O1. The Morgan fingerprint density at radius 3 is 3.00 bits per heavy atom. The van der Waals surface area contributed by atoms with Crippen molar-refractivity contribution in [3.05, 3.63) is 18.0 Å². The van der Waals surface area contributed by atoms with Crippen molar-refractivity contribution < 1.29 is 4.74 Å². The van der Waals surface area contributed by atoms with Gasteiger partial charge in [-0.3, -0.25) is 4.68 Å². The molecule has 0 spiro atoms. The summed E-state index contributed by atoms with van der Waals surface area (Å²) in [7, 11) is 0. The summed E-state index contributed by atoms with van der Waals surface area (Å²) in [4.78, 5) is 0. The van der Waals surface area contributed by atoms with E-state index in [1.807, 2.05) is 6.20 Å². The predicted octanol–water partition coefficient (Wildman–Crippen LogP) is 1.95. The van der Waals surface area contributed by atoms with Gasteiger partial charge in [0.25, 0.3) is 0 Å². The highest BCUT2D eigenvalue weighted by molar-refractivity contribution is 5.00. The van der Waals surface area contributed by atoms with Gasteiger partial charge in [-0.1, -0.05) is 13.8 Å². The third-order valence-corrected chi connectivity index (χ3v) is 3.19. The van der Waals surface area contributed by atoms with Gasteiger partial charge < -0.3 is 10.1 Å². The number of rotatable bonds is 5. The van der Waals surface area contributed by atoms with Crippen molar-refractivity contribution in [1.29, 1.82) is 0 Å². The van der Waals surface area contributed by atoms with Gasteiger partial charge in [0.15, 0.2) is 0 Å². The Hall–Kier alpha value is -0.870. The van der Waals surface area contributed by atoms with Crippen molar-refractivity contribution >= 4 is 0 Å². The maximum absolute atomic E-state index is 5.83. The molecule has 4 heteroatoms. The summed E-state index contributed by atoms with van der Waals surface area (Å²) in [6, 6.07) is 2.58. The smallest absolute Gasteiger partial charge is 0.0775 e. The molecule has 1 fully saturated rings. The van der Waals surface area contributed by atoms with Crippen LogP contribution >= 0.6 is 0 Å². The van der Waals surface area contributed by atoms with Crippen LogP contribution in [0.4, 0.5) is 0 Å². The lowest BCUT2D eigenvalue weighted by molar-refractivity contribution is 0.0431. The van der Waals surface area contributed by atoms with Gasteiger partial charge in [-0.15, -0.1) is 0 Å². The third-order valence-electron chi connectivity index (χ3n) is 3.19. The first kappa shape index (κ1) is 12.6. The van der Waals surface area contributed by atoms with Crippen LogP contribution in [-0.2, 0) is 17.8 Å². The Bertz CT molecular complexity index is 348. The van der Waals surface area contributed by atoms with E-state index in [1.165, 1.54) is 12.1 Å². The van der Waals surface area contributed by atoms with Crippen molar-refractivity contribution in [3.63, 3.8) is 0 Å². The average molecular weight is 237 g/mol. The van der Waals surface area contributed by atoms with Gasteiger partial charge in [0.05, 0.1) is 24.4 Å². The lowest BCUT2D eigenvalue weighted by Crippen LogP contribution is -2.25. The molecule has 1 aliphatic heterocycles. The number of aromatic nitrogens is 2. The molecular formula is C13H23N3O. The van der Waals surface area contributed by atoms with E-state index in [-0.39, 0.29) is 0 Å². The first-order valence-corrected chi connectivity index (χ1v) is 6.54. The summed E-state index contributed by atoms with van der Waals surface area (Å²) in [5.41, 5.74) is 1.24. The van der Waals surface area contributed by atoms with E-state index in [1.54, 1.807) is 0 Å². The fourth-order valence-corrected chi connectivity index (χ4v) is 2.20. The van der Waals surface area contributed by atoms with Crippen molar-refractivity contribution in [3.8, 4) is 0 Å². The van der Waals surface area contributed by atoms with E-state index in [2.05, 4.69) is 41.9 Å². The van der Waals surface area contributed by atoms with Crippen LogP contribution in [0.5, 0.6) is 0 Å². The van der Waals surface area contributed by atoms with E-state index < -0.39 is 0 Å². The molecule has 0 aromatic carbocycles. The van der Waals surface area contributed by atoms with Crippen molar-refractivity contribution in [2.75, 3.05) is 0 Å². The minimum Gasteiger partial charge on any atom is -0.373 e. The molecule has 2 atom stereocenters. The van der Waals surface area contributed by atoms with E-state index in [9.17, 15) is 0 Å². The molecule has 1 N–H and O–H groups in total. The highest BCUT2D eigenvalue weighted by Gasteiger charge is 2.22. The quantitative estimate of drug-likeness (QED) is 0.850.